The number of amides is 2. The molecule has 1 aromatic heterocycles. The zero-order valence-corrected chi connectivity index (χ0v) is 19.8. The van der Waals surface area contributed by atoms with Gasteiger partial charge in [-0.15, -0.1) is 5.54 Å². The molecule has 2 amide bonds. The number of imidazole rings is 1. The molecular formula is C21H34N4O3Si. The van der Waals surface area contributed by atoms with Gasteiger partial charge in [0.25, 0.3) is 0 Å². The van der Waals surface area contributed by atoms with Crippen molar-refractivity contribution in [1.29, 1.82) is 0 Å². The summed E-state index contributed by atoms with van der Waals surface area (Å²) >= 11 is 0. The third kappa shape index (κ3) is 5.63. The van der Waals surface area contributed by atoms with Crippen molar-refractivity contribution in [1.82, 2.24) is 20.2 Å². The number of ether oxygens (including phenoxy) is 1. The molecule has 1 saturated heterocycles. The number of nitrogens with zero attached hydrogens (tertiary/aromatic N) is 2. The van der Waals surface area contributed by atoms with Crippen LogP contribution in [0.5, 0.6) is 0 Å². The second-order valence-electron chi connectivity index (χ2n) is 9.25. The van der Waals surface area contributed by atoms with Gasteiger partial charge in [0, 0.05) is 6.04 Å². The minimum Gasteiger partial charge on any atom is -0.453 e. The molecule has 2 heterocycles. The van der Waals surface area contributed by atoms with Crippen molar-refractivity contribution in [2.75, 3.05) is 7.11 Å². The monoisotopic (exact) mass is 418 g/mol. The molecule has 8 heteroatoms. The molecular weight excluding hydrogens is 384 g/mol. The highest BCUT2D eigenvalue weighted by Gasteiger charge is 2.44. The first-order valence-corrected chi connectivity index (χ1v) is 13.7. The minimum absolute atomic E-state index is 0.0369. The van der Waals surface area contributed by atoms with Gasteiger partial charge in [-0.2, -0.15) is 0 Å². The predicted molar refractivity (Wildman–Crippen MR) is 116 cm³/mol. The van der Waals surface area contributed by atoms with Crippen molar-refractivity contribution >= 4 is 20.1 Å². The van der Waals surface area contributed by atoms with Crippen molar-refractivity contribution in [2.24, 2.45) is 11.8 Å². The fourth-order valence-electron chi connectivity index (χ4n) is 3.50. The number of carbonyl (C=O) groups is 2. The summed E-state index contributed by atoms with van der Waals surface area (Å²) in [6.07, 6.45) is 1.95. The molecule has 1 fully saturated rings. The van der Waals surface area contributed by atoms with Crippen molar-refractivity contribution in [2.45, 2.75) is 71.9 Å². The molecule has 0 saturated carbocycles. The maximum Gasteiger partial charge on any atom is 0.407 e. The highest BCUT2D eigenvalue weighted by Crippen LogP contribution is 2.39. The highest BCUT2D eigenvalue weighted by molar-refractivity contribution is 6.83. The molecule has 7 nitrogen and oxygen atoms in total. The predicted octanol–water partition coefficient (Wildman–Crippen LogP) is 3.32. The second kappa shape index (κ2) is 9.03. The van der Waals surface area contributed by atoms with Crippen molar-refractivity contribution in [3.8, 4) is 11.5 Å². The lowest BCUT2D eigenvalue weighted by Crippen LogP contribution is -2.53. The number of hydrogen-bond acceptors (Lipinski definition) is 4. The summed E-state index contributed by atoms with van der Waals surface area (Å²) in [4.78, 5) is 34.9. The highest BCUT2D eigenvalue weighted by atomic mass is 28.3. The standard InChI is InChI=1S/C21H34N4O3Si/c1-13(2)18(24-21(27)28-5)20(26)25-15(4)14(3)11-17(25)19-22-12-16(23-19)9-10-29(6,7)8/h12-15,17-18H,11H2,1-8H3,(H,22,23)(H,24,27)/t14-,15-,17+,18+/m1/s1. The first-order chi connectivity index (χ1) is 13.4. The van der Waals surface area contributed by atoms with Crippen LogP contribution in [0, 0.1) is 23.3 Å². The number of aromatic amines is 1. The van der Waals surface area contributed by atoms with Crippen LogP contribution >= 0.6 is 0 Å². The fourth-order valence-corrected chi connectivity index (χ4v) is 4.01. The Morgan fingerprint density at radius 1 is 1.34 bits per heavy atom. The molecule has 2 N–H and O–H groups in total. The molecule has 0 bridgehead atoms. The molecule has 1 aromatic rings. The zero-order valence-electron chi connectivity index (χ0n) is 18.8. The topological polar surface area (TPSA) is 87.3 Å². The zero-order chi connectivity index (χ0) is 21.9. The number of rotatable bonds is 4. The maximum absolute atomic E-state index is 13.4. The van der Waals surface area contributed by atoms with E-state index in [1.54, 1.807) is 6.20 Å². The Kier molecular flexibility index (Phi) is 7.17. The van der Waals surface area contributed by atoms with E-state index in [9.17, 15) is 9.59 Å². The van der Waals surface area contributed by atoms with Crippen LogP contribution < -0.4 is 5.32 Å². The van der Waals surface area contributed by atoms with Gasteiger partial charge >= 0.3 is 6.09 Å². The van der Waals surface area contributed by atoms with E-state index in [2.05, 4.69) is 53.3 Å². The Hall–Kier alpha value is -2.27. The van der Waals surface area contributed by atoms with Gasteiger partial charge < -0.3 is 19.9 Å². The van der Waals surface area contributed by atoms with Crippen LogP contribution in [0.15, 0.2) is 6.20 Å². The van der Waals surface area contributed by atoms with Gasteiger partial charge in [-0.3, -0.25) is 4.79 Å². The van der Waals surface area contributed by atoms with Crippen LogP contribution in [0.25, 0.3) is 0 Å². The van der Waals surface area contributed by atoms with Crippen LogP contribution in [0.3, 0.4) is 0 Å². The van der Waals surface area contributed by atoms with Crippen molar-refractivity contribution in [3.63, 3.8) is 0 Å². The number of aromatic nitrogens is 2. The van der Waals surface area contributed by atoms with Gasteiger partial charge in [0.15, 0.2) is 0 Å². The van der Waals surface area contributed by atoms with Gasteiger partial charge in [0.05, 0.1) is 19.3 Å². The summed E-state index contributed by atoms with van der Waals surface area (Å²) in [5.74, 6) is 4.07. The van der Waals surface area contributed by atoms with Gasteiger partial charge in [-0.25, -0.2) is 9.78 Å². The Labute approximate surface area is 175 Å². The summed E-state index contributed by atoms with van der Waals surface area (Å²) in [5, 5.41) is 2.69. The first-order valence-electron chi connectivity index (χ1n) is 10.2. The molecule has 0 aromatic carbocycles. The molecule has 4 atom stereocenters. The molecule has 0 unspecified atom stereocenters. The van der Waals surface area contributed by atoms with E-state index in [0.29, 0.717) is 5.92 Å². The third-order valence-electron chi connectivity index (χ3n) is 5.32. The molecule has 0 aliphatic carbocycles. The molecule has 1 aliphatic rings. The van der Waals surface area contributed by atoms with Gasteiger partial charge in [-0.1, -0.05) is 46.3 Å². The maximum atomic E-state index is 13.4. The Balaban J connectivity index is 2.32. The number of carbonyl (C=O) groups excluding carboxylic acids is 2. The van der Waals surface area contributed by atoms with Crippen LogP contribution in [0.4, 0.5) is 4.79 Å². The lowest BCUT2D eigenvalue weighted by atomic mass is 10.0. The van der Waals surface area contributed by atoms with Gasteiger partial charge in [-0.05, 0) is 25.2 Å². The third-order valence-corrected chi connectivity index (χ3v) is 6.20. The van der Waals surface area contributed by atoms with Crippen LogP contribution in [-0.2, 0) is 9.53 Å². The van der Waals surface area contributed by atoms with E-state index in [1.165, 1.54) is 7.11 Å². The van der Waals surface area contributed by atoms with Crippen molar-refractivity contribution in [3.05, 3.63) is 17.7 Å². The lowest BCUT2D eigenvalue weighted by Gasteiger charge is -2.33. The number of nitrogens with one attached hydrogen (secondary N) is 2. The summed E-state index contributed by atoms with van der Waals surface area (Å²) in [6, 6.07) is -0.788. The SMILES string of the molecule is COC(=O)N[C@H](C(=O)N1[C@H](C)[C@H](C)C[C@H]1c1ncc(C#C[Si](C)(C)C)[nH]1)C(C)C. The number of H-pyrrole nitrogens is 1. The van der Waals surface area contributed by atoms with Gasteiger partial charge in [0.2, 0.25) is 5.91 Å². The quantitative estimate of drug-likeness (QED) is 0.580. The smallest absolute Gasteiger partial charge is 0.407 e. The fraction of sp³-hybridized carbons (Fsp3) is 0.667. The summed E-state index contributed by atoms with van der Waals surface area (Å²) < 4.78 is 4.71. The van der Waals surface area contributed by atoms with E-state index in [0.717, 1.165) is 17.9 Å². The average Bonchev–Trinajstić information content (AvgIpc) is 3.21. The normalized spacial score (nSPS) is 22.8. The Morgan fingerprint density at radius 3 is 2.55 bits per heavy atom. The van der Waals surface area contributed by atoms with Gasteiger partial charge in [0.1, 0.15) is 25.6 Å². The summed E-state index contributed by atoms with van der Waals surface area (Å²) in [5.41, 5.74) is 4.10. The van der Waals surface area contributed by atoms with Crippen LogP contribution in [0.2, 0.25) is 19.6 Å². The molecule has 2 rings (SSSR count). The van der Waals surface area contributed by atoms with E-state index in [4.69, 9.17) is 4.74 Å². The van der Waals surface area contributed by atoms with E-state index in [1.807, 2.05) is 25.7 Å². The number of likely N-dealkylation sites (tertiary alicyclic amines) is 1. The molecule has 29 heavy (non-hydrogen) atoms. The first kappa shape index (κ1) is 23.0. The summed E-state index contributed by atoms with van der Waals surface area (Å²) in [7, 11) is -0.190. The average molecular weight is 419 g/mol. The molecule has 160 valence electrons. The largest absolute Gasteiger partial charge is 0.453 e. The molecule has 1 aliphatic heterocycles. The van der Waals surface area contributed by atoms with E-state index in [-0.39, 0.29) is 23.9 Å². The Bertz CT molecular complexity index is 803. The minimum atomic E-state index is -1.49. The molecule has 0 radical (unpaired) electrons. The van der Waals surface area contributed by atoms with Crippen molar-refractivity contribution < 1.29 is 14.3 Å². The van der Waals surface area contributed by atoms with E-state index >= 15 is 0 Å². The number of hydrogen-bond donors (Lipinski definition) is 2. The lowest BCUT2D eigenvalue weighted by molar-refractivity contribution is -0.137. The number of methoxy groups -OCH3 is 1. The number of alkyl carbamates (subject to hydrolysis) is 1. The second-order valence-corrected chi connectivity index (χ2v) is 14.0. The van der Waals surface area contributed by atoms with Crippen LogP contribution in [-0.4, -0.2) is 54.1 Å². The summed E-state index contributed by atoms with van der Waals surface area (Å²) in [6.45, 7) is 14.6. The van der Waals surface area contributed by atoms with Crippen LogP contribution in [0.1, 0.15) is 51.7 Å². The van der Waals surface area contributed by atoms with E-state index < -0.39 is 20.2 Å². The molecule has 0 spiro atoms. The Morgan fingerprint density at radius 2 is 2.00 bits per heavy atom.